The van der Waals surface area contributed by atoms with Crippen LogP contribution in [-0.2, 0) is 4.79 Å². The third kappa shape index (κ3) is 5.96. The van der Waals surface area contributed by atoms with E-state index in [2.05, 4.69) is 20.6 Å². The molecule has 1 aromatic carbocycles. The van der Waals surface area contributed by atoms with E-state index in [0.29, 0.717) is 17.0 Å². The maximum Gasteiger partial charge on any atom is 0.405 e. The highest BCUT2D eigenvalue weighted by molar-refractivity contribution is 5.86. The molecule has 0 amide bonds. The first kappa shape index (κ1) is 19.0. The number of hydrogen-bond acceptors (Lipinski definition) is 6. The predicted molar refractivity (Wildman–Crippen MR) is 89.5 cm³/mol. The van der Waals surface area contributed by atoms with Crippen molar-refractivity contribution in [3.8, 4) is 5.75 Å². The van der Waals surface area contributed by atoms with Crippen LogP contribution in [0.15, 0.2) is 36.5 Å². The average molecular weight is 368 g/mol. The second-order valence-corrected chi connectivity index (χ2v) is 4.99. The van der Waals surface area contributed by atoms with E-state index in [1.54, 1.807) is 24.3 Å². The molecule has 7 nitrogen and oxygen atoms in total. The van der Waals surface area contributed by atoms with Crippen molar-refractivity contribution in [2.45, 2.75) is 6.18 Å². The van der Waals surface area contributed by atoms with Crippen LogP contribution in [0.3, 0.4) is 0 Å². The summed E-state index contributed by atoms with van der Waals surface area (Å²) in [6, 6.07) is 6.71. The second-order valence-electron chi connectivity index (χ2n) is 4.99. The number of anilines is 3. The summed E-state index contributed by atoms with van der Waals surface area (Å²) in [7, 11) is 1.51. The number of ether oxygens (including phenoxy) is 1. The Morgan fingerprint density at radius 2 is 2.00 bits per heavy atom. The number of methoxy groups -OCH3 is 1. The number of carboxylic acid groups (broad SMARTS) is 1. The summed E-state index contributed by atoms with van der Waals surface area (Å²) in [5.74, 6) is -0.658. The number of carboxylic acids is 1. The quantitative estimate of drug-likeness (QED) is 0.645. The Labute approximate surface area is 146 Å². The molecule has 0 aliphatic heterocycles. The molecular formula is C16H15F3N4O3. The van der Waals surface area contributed by atoms with Crippen molar-refractivity contribution in [2.75, 3.05) is 24.3 Å². The fraction of sp³-hybridized carbons (Fsp3) is 0.188. The molecule has 2 aromatic rings. The number of nitrogens with one attached hydrogen (secondary N) is 2. The van der Waals surface area contributed by atoms with E-state index in [-0.39, 0.29) is 11.8 Å². The molecule has 0 atom stereocenters. The summed E-state index contributed by atoms with van der Waals surface area (Å²) in [5, 5.41) is 13.7. The molecule has 26 heavy (non-hydrogen) atoms. The Bertz CT molecular complexity index is 792. The van der Waals surface area contributed by atoms with Crippen molar-refractivity contribution < 1.29 is 27.8 Å². The van der Waals surface area contributed by atoms with Crippen molar-refractivity contribution in [1.82, 2.24) is 9.97 Å². The number of hydrogen-bond donors (Lipinski definition) is 3. The molecule has 0 aliphatic carbocycles. The molecule has 0 radical (unpaired) electrons. The first-order valence-corrected chi connectivity index (χ1v) is 7.26. The molecule has 0 aliphatic rings. The molecule has 0 saturated heterocycles. The fourth-order valence-electron chi connectivity index (χ4n) is 1.85. The van der Waals surface area contributed by atoms with Gasteiger partial charge in [0.25, 0.3) is 0 Å². The summed E-state index contributed by atoms with van der Waals surface area (Å²) in [5.41, 5.74) is 0.872. The number of alkyl halides is 3. The lowest BCUT2D eigenvalue weighted by Crippen LogP contribution is -2.22. The number of aliphatic carboxylic acids is 1. The summed E-state index contributed by atoms with van der Waals surface area (Å²) >= 11 is 0. The minimum absolute atomic E-state index is 0.146. The Morgan fingerprint density at radius 3 is 2.58 bits per heavy atom. The Hall–Kier alpha value is -3.30. The normalized spacial score (nSPS) is 11.4. The lowest BCUT2D eigenvalue weighted by atomic mass is 10.2. The number of rotatable bonds is 7. The van der Waals surface area contributed by atoms with Gasteiger partial charge in [0.2, 0.25) is 5.95 Å². The Kier molecular flexibility index (Phi) is 5.99. The van der Waals surface area contributed by atoms with Crippen LogP contribution in [0.4, 0.5) is 30.6 Å². The number of aromatic nitrogens is 2. The van der Waals surface area contributed by atoms with Gasteiger partial charge in [-0.05, 0) is 30.3 Å². The van der Waals surface area contributed by atoms with E-state index in [1.807, 2.05) is 0 Å². The van der Waals surface area contributed by atoms with Crippen LogP contribution in [-0.4, -0.2) is 40.9 Å². The molecule has 10 heteroatoms. The van der Waals surface area contributed by atoms with Gasteiger partial charge in [0.05, 0.1) is 7.11 Å². The average Bonchev–Trinajstić information content (AvgIpc) is 2.59. The SMILES string of the molecule is COc1ccc(Nc2nc(NCC(F)(F)F)ncc2C=CC(=O)O)cc1. The van der Waals surface area contributed by atoms with Crippen LogP contribution in [0.5, 0.6) is 5.75 Å². The van der Waals surface area contributed by atoms with Crippen LogP contribution >= 0.6 is 0 Å². The number of nitrogens with zero attached hydrogens (tertiary/aromatic N) is 2. The second kappa shape index (κ2) is 8.19. The Morgan fingerprint density at radius 1 is 1.31 bits per heavy atom. The summed E-state index contributed by atoms with van der Waals surface area (Å²) in [6.07, 6.45) is -1.09. The van der Waals surface area contributed by atoms with Crippen LogP contribution in [0.1, 0.15) is 5.56 Å². The van der Waals surface area contributed by atoms with Gasteiger partial charge in [0, 0.05) is 23.5 Å². The lowest BCUT2D eigenvalue weighted by Gasteiger charge is -2.12. The highest BCUT2D eigenvalue weighted by atomic mass is 19.4. The third-order valence-corrected chi connectivity index (χ3v) is 3.02. The number of benzene rings is 1. The van der Waals surface area contributed by atoms with Crippen LogP contribution in [0.2, 0.25) is 0 Å². The first-order valence-electron chi connectivity index (χ1n) is 7.26. The minimum atomic E-state index is -4.42. The van der Waals surface area contributed by atoms with E-state index in [9.17, 15) is 18.0 Å². The van der Waals surface area contributed by atoms with Crippen LogP contribution in [0.25, 0.3) is 6.08 Å². The topological polar surface area (TPSA) is 96.4 Å². The molecule has 1 aromatic heterocycles. The number of carbonyl (C=O) groups is 1. The maximum absolute atomic E-state index is 12.3. The highest BCUT2D eigenvalue weighted by Gasteiger charge is 2.27. The molecule has 1 heterocycles. The van der Waals surface area contributed by atoms with E-state index in [1.165, 1.54) is 19.4 Å². The zero-order valence-corrected chi connectivity index (χ0v) is 13.5. The van der Waals surface area contributed by atoms with Crippen molar-refractivity contribution >= 4 is 29.5 Å². The standard InChI is InChI=1S/C16H15F3N4O3/c1-26-12-5-3-11(4-6-12)22-14-10(2-7-13(24)25)8-20-15(23-14)21-9-16(17,18)19/h2-8H,9H2,1H3,(H,24,25)(H2,20,21,22,23). The van der Waals surface area contributed by atoms with Crippen molar-refractivity contribution in [2.24, 2.45) is 0 Å². The molecule has 2 rings (SSSR count). The van der Waals surface area contributed by atoms with E-state index >= 15 is 0 Å². The predicted octanol–water partition coefficient (Wildman–Crippen LogP) is 3.30. The van der Waals surface area contributed by atoms with Crippen molar-refractivity contribution in [3.05, 3.63) is 42.1 Å². The highest BCUT2D eigenvalue weighted by Crippen LogP contribution is 2.23. The van der Waals surface area contributed by atoms with E-state index < -0.39 is 18.7 Å². The lowest BCUT2D eigenvalue weighted by molar-refractivity contribution is -0.131. The zero-order chi connectivity index (χ0) is 19.2. The van der Waals surface area contributed by atoms with E-state index in [0.717, 1.165) is 6.08 Å². The molecule has 0 bridgehead atoms. The summed E-state index contributed by atoms with van der Waals surface area (Å²) in [4.78, 5) is 18.4. The van der Waals surface area contributed by atoms with Gasteiger partial charge in [0.15, 0.2) is 0 Å². The van der Waals surface area contributed by atoms with Gasteiger partial charge in [0.1, 0.15) is 18.1 Å². The third-order valence-electron chi connectivity index (χ3n) is 3.02. The van der Waals surface area contributed by atoms with Gasteiger partial charge in [-0.3, -0.25) is 0 Å². The zero-order valence-electron chi connectivity index (χ0n) is 13.5. The Balaban J connectivity index is 2.28. The van der Waals surface area contributed by atoms with Gasteiger partial charge in [-0.15, -0.1) is 0 Å². The van der Waals surface area contributed by atoms with Gasteiger partial charge in [-0.1, -0.05) is 0 Å². The molecule has 0 fully saturated rings. The van der Waals surface area contributed by atoms with Crippen LogP contribution in [0, 0.1) is 0 Å². The van der Waals surface area contributed by atoms with E-state index in [4.69, 9.17) is 9.84 Å². The molecule has 3 N–H and O–H groups in total. The molecule has 138 valence electrons. The fourth-order valence-corrected chi connectivity index (χ4v) is 1.85. The monoisotopic (exact) mass is 368 g/mol. The van der Waals surface area contributed by atoms with Gasteiger partial charge in [-0.25, -0.2) is 9.78 Å². The van der Waals surface area contributed by atoms with Crippen molar-refractivity contribution in [1.29, 1.82) is 0 Å². The maximum atomic E-state index is 12.3. The molecule has 0 unspecified atom stereocenters. The number of halogens is 3. The minimum Gasteiger partial charge on any atom is -0.497 e. The van der Waals surface area contributed by atoms with Gasteiger partial charge < -0.3 is 20.5 Å². The largest absolute Gasteiger partial charge is 0.497 e. The summed E-state index contributed by atoms with van der Waals surface area (Å²) < 4.78 is 42.0. The molecular weight excluding hydrogens is 353 g/mol. The smallest absolute Gasteiger partial charge is 0.405 e. The van der Waals surface area contributed by atoms with Crippen molar-refractivity contribution in [3.63, 3.8) is 0 Å². The van der Waals surface area contributed by atoms with Gasteiger partial charge in [-0.2, -0.15) is 18.2 Å². The summed E-state index contributed by atoms with van der Waals surface area (Å²) in [6.45, 7) is -1.29. The van der Waals surface area contributed by atoms with Crippen LogP contribution < -0.4 is 15.4 Å². The van der Waals surface area contributed by atoms with Gasteiger partial charge >= 0.3 is 12.1 Å². The first-order chi connectivity index (χ1) is 12.3. The molecule has 0 saturated carbocycles. The molecule has 0 spiro atoms.